The number of halogens is 3. The van der Waals surface area contributed by atoms with Crippen molar-refractivity contribution in [2.75, 3.05) is 36.6 Å². The second-order valence-corrected chi connectivity index (χ2v) is 8.09. The normalized spacial score (nSPS) is 14.7. The highest BCUT2D eigenvalue weighted by Crippen LogP contribution is 2.31. The van der Waals surface area contributed by atoms with Crippen molar-refractivity contribution in [1.29, 1.82) is 0 Å². The van der Waals surface area contributed by atoms with Gasteiger partial charge in [-0.1, -0.05) is 35.9 Å². The van der Waals surface area contributed by atoms with Gasteiger partial charge in [-0.25, -0.2) is 4.98 Å². The molecular weight excluding hydrogens is 459 g/mol. The molecular formula is C24H22F3N7O. The molecule has 1 fully saturated rings. The molecule has 0 radical (unpaired) electrons. The third kappa shape index (κ3) is 4.94. The number of rotatable bonds is 5. The number of benzene rings is 2. The van der Waals surface area contributed by atoms with E-state index in [-0.39, 0.29) is 0 Å². The fourth-order valence-corrected chi connectivity index (χ4v) is 3.81. The van der Waals surface area contributed by atoms with E-state index in [9.17, 15) is 13.2 Å². The molecule has 2 aromatic carbocycles. The van der Waals surface area contributed by atoms with Crippen LogP contribution in [0.25, 0.3) is 16.9 Å². The fraction of sp³-hybridized carbons (Fsp3) is 0.250. The maximum absolute atomic E-state index is 13.3. The Hall–Kier alpha value is -3.99. The van der Waals surface area contributed by atoms with Crippen molar-refractivity contribution in [3.63, 3.8) is 0 Å². The van der Waals surface area contributed by atoms with Gasteiger partial charge in [0, 0.05) is 18.8 Å². The minimum atomic E-state index is -4.46. The third-order valence-electron chi connectivity index (χ3n) is 5.56. The summed E-state index contributed by atoms with van der Waals surface area (Å²) in [6.07, 6.45) is -1.36. The number of ether oxygens (including phenoxy) is 1. The first-order chi connectivity index (χ1) is 16.9. The summed E-state index contributed by atoms with van der Waals surface area (Å²) in [5.41, 5.74) is 5.26. The van der Waals surface area contributed by atoms with Gasteiger partial charge in [-0.2, -0.15) is 28.2 Å². The fourth-order valence-electron chi connectivity index (χ4n) is 3.81. The van der Waals surface area contributed by atoms with Crippen molar-refractivity contribution >= 4 is 29.1 Å². The highest BCUT2D eigenvalue weighted by Gasteiger charge is 2.30. The lowest BCUT2D eigenvalue weighted by molar-refractivity contribution is -0.137. The van der Waals surface area contributed by atoms with Crippen LogP contribution in [0.4, 0.5) is 24.9 Å². The molecule has 2 aromatic heterocycles. The standard InChI is InChI=1S/C24H22F3N7O/c1-16-4-2-5-17(12-16)14-29-32-21-20-22(31-23(30-21)33-8-10-35-11-9-33)34(15-28-20)19-7-3-6-18(13-19)24(25,26)27/h2-7,12-15H,8-11H2,1H3,(H,30,31,32). The van der Waals surface area contributed by atoms with Gasteiger partial charge >= 0.3 is 6.18 Å². The molecule has 35 heavy (non-hydrogen) atoms. The van der Waals surface area contributed by atoms with Crippen molar-refractivity contribution in [1.82, 2.24) is 19.5 Å². The van der Waals surface area contributed by atoms with Crippen LogP contribution in [0.2, 0.25) is 0 Å². The molecule has 1 aliphatic heterocycles. The molecule has 4 aromatic rings. The lowest BCUT2D eigenvalue weighted by atomic mass is 10.2. The molecule has 0 spiro atoms. The Morgan fingerprint density at radius 1 is 1.06 bits per heavy atom. The summed E-state index contributed by atoms with van der Waals surface area (Å²) in [6, 6.07) is 12.9. The number of aromatic nitrogens is 4. The summed E-state index contributed by atoms with van der Waals surface area (Å²) in [6.45, 7) is 4.24. The van der Waals surface area contributed by atoms with Crippen LogP contribution in [0.1, 0.15) is 16.7 Å². The van der Waals surface area contributed by atoms with Crippen LogP contribution in [0.3, 0.4) is 0 Å². The van der Waals surface area contributed by atoms with E-state index in [0.717, 1.165) is 23.3 Å². The minimum Gasteiger partial charge on any atom is -0.378 e. The highest BCUT2D eigenvalue weighted by atomic mass is 19.4. The second-order valence-electron chi connectivity index (χ2n) is 8.09. The average Bonchev–Trinajstić information content (AvgIpc) is 3.28. The molecule has 11 heteroatoms. The summed E-state index contributed by atoms with van der Waals surface area (Å²) in [5, 5.41) is 4.31. The molecule has 0 aliphatic carbocycles. The lowest BCUT2D eigenvalue weighted by Crippen LogP contribution is -2.37. The predicted molar refractivity (Wildman–Crippen MR) is 127 cm³/mol. The molecule has 0 amide bonds. The summed E-state index contributed by atoms with van der Waals surface area (Å²) in [4.78, 5) is 15.6. The maximum Gasteiger partial charge on any atom is 0.416 e. The lowest BCUT2D eigenvalue weighted by Gasteiger charge is -2.27. The maximum atomic E-state index is 13.3. The zero-order valence-corrected chi connectivity index (χ0v) is 18.8. The number of hydrogen-bond donors (Lipinski definition) is 1. The first kappa shape index (κ1) is 22.8. The Bertz CT molecular complexity index is 1380. The van der Waals surface area contributed by atoms with Crippen molar-refractivity contribution in [3.05, 3.63) is 71.5 Å². The van der Waals surface area contributed by atoms with E-state index in [2.05, 4.69) is 25.5 Å². The van der Waals surface area contributed by atoms with Gasteiger partial charge in [0.25, 0.3) is 0 Å². The molecule has 1 aliphatic rings. The van der Waals surface area contributed by atoms with Gasteiger partial charge in [0.15, 0.2) is 17.0 Å². The number of imidazole rings is 1. The molecule has 1 saturated heterocycles. The molecule has 0 bridgehead atoms. The van der Waals surface area contributed by atoms with Gasteiger partial charge < -0.3 is 9.64 Å². The smallest absolute Gasteiger partial charge is 0.378 e. The van der Waals surface area contributed by atoms with E-state index in [1.54, 1.807) is 12.3 Å². The molecule has 180 valence electrons. The Morgan fingerprint density at radius 2 is 1.86 bits per heavy atom. The Labute approximate surface area is 199 Å². The Morgan fingerprint density at radius 3 is 2.63 bits per heavy atom. The average molecular weight is 481 g/mol. The second kappa shape index (κ2) is 9.34. The van der Waals surface area contributed by atoms with Gasteiger partial charge in [-0.15, -0.1) is 0 Å². The van der Waals surface area contributed by atoms with E-state index in [1.165, 1.54) is 17.0 Å². The number of morpholine rings is 1. The Kier molecular flexibility index (Phi) is 6.08. The van der Waals surface area contributed by atoms with Crippen molar-refractivity contribution in [2.45, 2.75) is 13.1 Å². The van der Waals surface area contributed by atoms with Crippen LogP contribution in [0, 0.1) is 6.92 Å². The highest BCUT2D eigenvalue weighted by molar-refractivity contribution is 5.87. The summed E-state index contributed by atoms with van der Waals surface area (Å²) in [7, 11) is 0. The van der Waals surface area contributed by atoms with E-state index >= 15 is 0 Å². The SMILES string of the molecule is Cc1cccc(C=NNc2nc(N3CCOCC3)nc3c2ncn3-c2cccc(C(F)(F)F)c2)c1. The largest absolute Gasteiger partial charge is 0.416 e. The quantitative estimate of drug-likeness (QED) is 0.336. The van der Waals surface area contributed by atoms with Crippen molar-refractivity contribution < 1.29 is 17.9 Å². The molecule has 5 rings (SSSR count). The van der Waals surface area contributed by atoms with Crippen LogP contribution in [-0.4, -0.2) is 52.0 Å². The molecule has 3 heterocycles. The molecule has 0 saturated carbocycles. The number of nitrogens with one attached hydrogen (secondary N) is 1. The van der Waals surface area contributed by atoms with Crippen LogP contribution in [0.15, 0.2) is 60.0 Å². The molecule has 0 unspecified atom stereocenters. The summed E-state index contributed by atoms with van der Waals surface area (Å²) in [5.74, 6) is 0.772. The van der Waals surface area contributed by atoms with Gasteiger partial charge in [0.05, 0.1) is 25.0 Å². The van der Waals surface area contributed by atoms with E-state index in [4.69, 9.17) is 4.74 Å². The number of aryl methyl sites for hydroxylation is 1. The predicted octanol–water partition coefficient (Wildman–Crippen LogP) is 4.43. The number of hydrazone groups is 1. The topological polar surface area (TPSA) is 80.5 Å². The summed E-state index contributed by atoms with van der Waals surface area (Å²) >= 11 is 0. The first-order valence-electron chi connectivity index (χ1n) is 11.0. The number of hydrogen-bond acceptors (Lipinski definition) is 7. The van der Waals surface area contributed by atoms with Crippen molar-refractivity contribution in [2.24, 2.45) is 5.10 Å². The Balaban J connectivity index is 1.57. The van der Waals surface area contributed by atoms with E-state index < -0.39 is 11.7 Å². The number of alkyl halides is 3. The third-order valence-corrected chi connectivity index (χ3v) is 5.56. The minimum absolute atomic E-state index is 0.295. The van der Waals surface area contributed by atoms with E-state index in [1.807, 2.05) is 36.1 Å². The van der Waals surface area contributed by atoms with E-state index in [0.29, 0.717) is 54.9 Å². The number of nitrogens with zero attached hydrogens (tertiary/aromatic N) is 6. The van der Waals surface area contributed by atoms with Gasteiger partial charge in [0.2, 0.25) is 5.95 Å². The van der Waals surface area contributed by atoms with Gasteiger partial charge in [-0.3, -0.25) is 9.99 Å². The van der Waals surface area contributed by atoms with Crippen molar-refractivity contribution in [3.8, 4) is 5.69 Å². The van der Waals surface area contributed by atoms with Crippen LogP contribution < -0.4 is 10.3 Å². The van der Waals surface area contributed by atoms with Crippen LogP contribution in [-0.2, 0) is 10.9 Å². The van der Waals surface area contributed by atoms with Gasteiger partial charge in [-0.05, 0) is 30.7 Å². The zero-order valence-electron chi connectivity index (χ0n) is 18.8. The monoisotopic (exact) mass is 481 g/mol. The summed E-state index contributed by atoms with van der Waals surface area (Å²) < 4.78 is 46.9. The molecule has 8 nitrogen and oxygen atoms in total. The number of fused-ring (bicyclic) bond motifs is 1. The molecule has 1 N–H and O–H groups in total. The number of anilines is 2. The van der Waals surface area contributed by atoms with Crippen LogP contribution >= 0.6 is 0 Å². The van der Waals surface area contributed by atoms with Crippen LogP contribution in [0.5, 0.6) is 0 Å². The van der Waals surface area contributed by atoms with Gasteiger partial charge in [0.1, 0.15) is 6.33 Å². The zero-order chi connectivity index (χ0) is 24.4. The molecule has 0 atom stereocenters. The first-order valence-corrected chi connectivity index (χ1v) is 11.0.